The predicted octanol–water partition coefficient (Wildman–Crippen LogP) is 5.02. The maximum Gasteiger partial charge on any atom is 0.276 e. The van der Waals surface area contributed by atoms with Crippen molar-refractivity contribution in [1.82, 2.24) is 29.2 Å². The molecule has 3 heterocycles. The summed E-state index contributed by atoms with van der Waals surface area (Å²) in [7, 11) is 4.32. The number of aryl methyl sites for hydroxylation is 1. The number of pyridine rings is 1. The third-order valence-corrected chi connectivity index (χ3v) is 7.19. The molecule has 4 aromatic rings. The number of nitrogens with zero attached hydrogens (tertiary/aromatic N) is 6. The van der Waals surface area contributed by atoms with E-state index in [9.17, 15) is 4.79 Å². The van der Waals surface area contributed by atoms with Crippen LogP contribution in [0.1, 0.15) is 64.0 Å². The molecule has 5 rings (SSSR count). The van der Waals surface area contributed by atoms with Gasteiger partial charge in [-0.05, 0) is 70.5 Å². The van der Waals surface area contributed by atoms with Crippen LogP contribution >= 0.6 is 0 Å². The molecule has 0 bridgehead atoms. The lowest BCUT2D eigenvalue weighted by Gasteiger charge is -2.30. The van der Waals surface area contributed by atoms with Gasteiger partial charge in [0.15, 0.2) is 5.82 Å². The number of likely N-dealkylation sites (N-methyl/N-ethyl adjacent to an activating group) is 1. The van der Waals surface area contributed by atoms with Crippen LogP contribution < -0.4 is 10.9 Å². The van der Waals surface area contributed by atoms with Crippen molar-refractivity contribution >= 4 is 22.4 Å². The maximum absolute atomic E-state index is 13.4. The van der Waals surface area contributed by atoms with Gasteiger partial charge < -0.3 is 10.2 Å². The van der Waals surface area contributed by atoms with Gasteiger partial charge in [-0.2, -0.15) is 0 Å². The predicted molar refractivity (Wildman–Crippen MR) is 149 cm³/mol. The van der Waals surface area contributed by atoms with Gasteiger partial charge in [-0.15, -0.1) is 0 Å². The van der Waals surface area contributed by atoms with Crippen LogP contribution in [0.15, 0.2) is 47.5 Å². The monoisotopic (exact) mass is 499 g/mol. The Labute approximate surface area is 218 Å². The Morgan fingerprint density at radius 1 is 1.08 bits per heavy atom. The van der Waals surface area contributed by atoms with Crippen LogP contribution in [0, 0.1) is 0 Å². The van der Waals surface area contributed by atoms with Crippen molar-refractivity contribution in [2.24, 2.45) is 0 Å². The molecule has 0 fully saturated rings. The van der Waals surface area contributed by atoms with E-state index in [1.54, 1.807) is 17.1 Å². The summed E-state index contributed by atoms with van der Waals surface area (Å²) in [5.74, 6) is 2.09. The van der Waals surface area contributed by atoms with Gasteiger partial charge in [0.2, 0.25) is 0 Å². The fraction of sp³-hybridized carbons (Fsp3) is 0.448. The number of hydrogen-bond acceptors (Lipinski definition) is 6. The first kappa shape index (κ1) is 25.1. The fourth-order valence-corrected chi connectivity index (χ4v) is 5.11. The molecule has 0 saturated heterocycles. The van der Waals surface area contributed by atoms with E-state index in [2.05, 4.69) is 73.3 Å². The summed E-state index contributed by atoms with van der Waals surface area (Å²) in [5.41, 5.74) is 4.28. The Kier molecular flexibility index (Phi) is 6.40. The van der Waals surface area contributed by atoms with Gasteiger partial charge in [-0.1, -0.05) is 26.8 Å². The van der Waals surface area contributed by atoms with E-state index in [0.29, 0.717) is 23.1 Å². The first-order valence-corrected chi connectivity index (χ1v) is 13.1. The number of rotatable bonds is 5. The minimum atomic E-state index is -0.213. The molecule has 0 aliphatic heterocycles. The number of hydrogen-bond donors (Lipinski definition) is 1. The van der Waals surface area contributed by atoms with Crippen molar-refractivity contribution in [3.05, 3.63) is 70.0 Å². The smallest absolute Gasteiger partial charge is 0.276 e. The standard InChI is InChI=1S/C29H37N7O/c1-18(2)35-27(37)23-17-31-25(16-24(23)36(35)26-12-13-30-28(33-26)29(3,4)5)32-21-10-8-20-15-22(34(6)7)11-9-19(20)14-21/h8,10,12-14,16-18,22H,9,11,15H2,1-7H3,(H,31,32). The highest BCUT2D eigenvalue weighted by atomic mass is 16.1. The fourth-order valence-electron chi connectivity index (χ4n) is 5.11. The lowest BCUT2D eigenvalue weighted by atomic mass is 9.87. The van der Waals surface area contributed by atoms with E-state index in [-0.39, 0.29) is 17.0 Å². The van der Waals surface area contributed by atoms with Gasteiger partial charge >= 0.3 is 0 Å². The van der Waals surface area contributed by atoms with Crippen molar-refractivity contribution < 1.29 is 0 Å². The van der Waals surface area contributed by atoms with E-state index in [1.807, 2.05) is 30.7 Å². The average molecular weight is 500 g/mol. The average Bonchev–Trinajstić information content (AvgIpc) is 3.15. The molecule has 194 valence electrons. The second-order valence-electron chi connectivity index (χ2n) is 11.6. The molecule has 0 amide bonds. The Morgan fingerprint density at radius 3 is 2.57 bits per heavy atom. The van der Waals surface area contributed by atoms with Crippen molar-refractivity contribution in [2.75, 3.05) is 19.4 Å². The Bertz CT molecular complexity index is 1510. The molecule has 1 aliphatic carbocycles. The normalized spacial score (nSPS) is 16.0. The molecular formula is C29H37N7O. The van der Waals surface area contributed by atoms with E-state index in [0.717, 1.165) is 36.3 Å². The summed E-state index contributed by atoms with van der Waals surface area (Å²) in [5, 5.41) is 4.04. The zero-order chi connectivity index (χ0) is 26.5. The molecule has 8 heteroatoms. The molecule has 8 nitrogen and oxygen atoms in total. The molecule has 1 atom stereocenters. The number of anilines is 2. The number of nitrogens with one attached hydrogen (secondary N) is 1. The van der Waals surface area contributed by atoms with Crippen LogP contribution in [0.25, 0.3) is 16.7 Å². The minimum Gasteiger partial charge on any atom is -0.340 e. The lowest BCUT2D eigenvalue weighted by Crippen LogP contribution is -2.33. The van der Waals surface area contributed by atoms with Crippen LogP contribution in [-0.4, -0.2) is 49.4 Å². The summed E-state index contributed by atoms with van der Waals surface area (Å²) in [6.45, 7) is 10.3. The lowest BCUT2D eigenvalue weighted by molar-refractivity contribution is 0.268. The summed E-state index contributed by atoms with van der Waals surface area (Å²) in [4.78, 5) is 29.6. The highest BCUT2D eigenvalue weighted by Crippen LogP contribution is 2.29. The molecule has 37 heavy (non-hydrogen) atoms. The molecule has 0 spiro atoms. The molecular weight excluding hydrogens is 462 g/mol. The summed E-state index contributed by atoms with van der Waals surface area (Å²) < 4.78 is 3.64. The van der Waals surface area contributed by atoms with Gasteiger partial charge in [-0.25, -0.2) is 24.3 Å². The van der Waals surface area contributed by atoms with Gasteiger partial charge in [0, 0.05) is 47.7 Å². The third-order valence-electron chi connectivity index (χ3n) is 7.19. The highest BCUT2D eigenvalue weighted by Gasteiger charge is 2.23. The highest BCUT2D eigenvalue weighted by molar-refractivity contribution is 5.82. The van der Waals surface area contributed by atoms with Crippen molar-refractivity contribution in [2.45, 2.75) is 71.4 Å². The second-order valence-corrected chi connectivity index (χ2v) is 11.6. The van der Waals surface area contributed by atoms with Crippen LogP contribution in [0.5, 0.6) is 0 Å². The van der Waals surface area contributed by atoms with Crippen LogP contribution in [0.3, 0.4) is 0 Å². The van der Waals surface area contributed by atoms with Crippen LogP contribution in [-0.2, 0) is 18.3 Å². The van der Waals surface area contributed by atoms with E-state index >= 15 is 0 Å². The summed E-state index contributed by atoms with van der Waals surface area (Å²) in [6.07, 6.45) is 6.75. The van der Waals surface area contributed by atoms with E-state index in [1.165, 1.54) is 11.1 Å². The van der Waals surface area contributed by atoms with Gasteiger partial charge in [-0.3, -0.25) is 4.79 Å². The molecule has 1 N–H and O–H groups in total. The van der Waals surface area contributed by atoms with Gasteiger partial charge in [0.25, 0.3) is 5.56 Å². The molecule has 0 radical (unpaired) electrons. The Morgan fingerprint density at radius 2 is 1.86 bits per heavy atom. The largest absolute Gasteiger partial charge is 0.340 e. The second kappa shape index (κ2) is 9.41. The SMILES string of the molecule is CC(C)n1c(=O)c2cnc(Nc3ccc4c(c3)CCC(N(C)C)C4)cc2n1-c1ccnc(C(C)(C)C)n1. The number of aromatic nitrogens is 5. The molecule has 0 saturated carbocycles. The molecule has 1 aromatic carbocycles. The Balaban J connectivity index is 1.56. The number of benzene rings is 1. The summed E-state index contributed by atoms with van der Waals surface area (Å²) >= 11 is 0. The summed E-state index contributed by atoms with van der Waals surface area (Å²) in [6, 6.07) is 10.9. The zero-order valence-corrected chi connectivity index (χ0v) is 22.9. The first-order valence-electron chi connectivity index (χ1n) is 13.1. The van der Waals surface area contributed by atoms with Crippen LogP contribution in [0.4, 0.5) is 11.5 Å². The minimum absolute atomic E-state index is 0.0593. The zero-order valence-electron chi connectivity index (χ0n) is 22.9. The third kappa shape index (κ3) is 4.78. The van der Waals surface area contributed by atoms with Gasteiger partial charge in [0.1, 0.15) is 11.6 Å². The van der Waals surface area contributed by atoms with Crippen molar-refractivity contribution in [3.8, 4) is 5.82 Å². The van der Waals surface area contributed by atoms with Crippen molar-refractivity contribution in [1.29, 1.82) is 0 Å². The van der Waals surface area contributed by atoms with E-state index < -0.39 is 0 Å². The van der Waals surface area contributed by atoms with Crippen molar-refractivity contribution in [3.63, 3.8) is 0 Å². The van der Waals surface area contributed by atoms with Gasteiger partial charge in [0.05, 0.1) is 10.9 Å². The number of fused-ring (bicyclic) bond motifs is 2. The molecule has 1 unspecified atom stereocenters. The van der Waals surface area contributed by atoms with Crippen LogP contribution in [0.2, 0.25) is 0 Å². The molecule has 1 aliphatic rings. The Hall–Kier alpha value is -3.52. The topological polar surface area (TPSA) is 80.9 Å². The first-order chi connectivity index (χ1) is 17.5. The quantitative estimate of drug-likeness (QED) is 0.415. The maximum atomic E-state index is 13.4. The molecule has 3 aromatic heterocycles. The van der Waals surface area contributed by atoms with E-state index in [4.69, 9.17) is 4.98 Å².